The minimum Gasteiger partial charge on any atom is -0.579 e. The van der Waals surface area contributed by atoms with Crippen molar-refractivity contribution >= 4 is 5.69 Å². The number of benzene rings is 1. The van der Waals surface area contributed by atoms with Crippen molar-refractivity contribution in [3.05, 3.63) is 42.1 Å². The van der Waals surface area contributed by atoms with Gasteiger partial charge in [0.1, 0.15) is 6.61 Å². The maximum Gasteiger partial charge on any atom is 0.192 e. The van der Waals surface area contributed by atoms with Crippen LogP contribution in [0, 0.1) is 0 Å². The summed E-state index contributed by atoms with van der Waals surface area (Å²) < 4.78 is 5.41. The van der Waals surface area contributed by atoms with Gasteiger partial charge in [0.05, 0.1) is 5.69 Å². The summed E-state index contributed by atoms with van der Waals surface area (Å²) in [7, 11) is 1.57. The molecule has 0 bridgehead atoms. The van der Waals surface area contributed by atoms with E-state index in [1.165, 1.54) is 0 Å². The third-order valence-corrected chi connectivity index (χ3v) is 2.16. The molecule has 1 N–H and O–H groups in total. The molecule has 0 aliphatic carbocycles. The molecule has 1 aromatic carbocycles. The predicted octanol–water partition coefficient (Wildman–Crippen LogP) is 1.44. The number of ether oxygens (including phenoxy) is 1. The van der Waals surface area contributed by atoms with Crippen molar-refractivity contribution in [3.63, 3.8) is 0 Å². The minimum absolute atomic E-state index is 0. The molecule has 17 heavy (non-hydrogen) atoms. The van der Waals surface area contributed by atoms with Crippen LogP contribution in [0.25, 0.3) is 0 Å². The van der Waals surface area contributed by atoms with Gasteiger partial charge in [0.15, 0.2) is 5.88 Å². The number of para-hydroxylation sites is 1. The molecule has 1 aromatic heterocycles. The molecule has 2 aromatic rings. The number of hydrogen-bond donors (Lipinski definition) is 1. The van der Waals surface area contributed by atoms with E-state index < -0.39 is 0 Å². The van der Waals surface area contributed by atoms with E-state index in [-0.39, 0.29) is 0 Å². The Bertz CT molecular complexity index is 446. The summed E-state index contributed by atoms with van der Waals surface area (Å²) in [4.78, 5) is 0. The molecular formula is C11H12N3O2Rf-. The monoisotopic (exact) mass is 485 g/mol. The molecule has 0 fully saturated rings. The van der Waals surface area contributed by atoms with Crippen LogP contribution in [0.3, 0.4) is 0 Å². The maximum absolute atomic E-state index is 9.41. The molecule has 0 aliphatic heterocycles. The summed E-state index contributed by atoms with van der Waals surface area (Å²) in [6, 6.07) is 9.13. The van der Waals surface area contributed by atoms with Crippen molar-refractivity contribution in [1.82, 2.24) is 10.2 Å². The Hall–Kier alpha value is -3.01. The standard InChI is InChI=1S/C11H12N3O2.Rf/c1-14(15)10-5-3-2-4-9(10)8-16-11-6-7-12-13-11;/h2-7,15H,8H2,1H3;/q-1;. The first-order chi connectivity index (χ1) is 7.77. The number of nitrogens with zero attached hydrogens (tertiary/aromatic N) is 3. The van der Waals surface area contributed by atoms with E-state index in [1.54, 1.807) is 19.3 Å². The second-order valence-electron chi connectivity index (χ2n) is 3.31. The van der Waals surface area contributed by atoms with E-state index in [1.807, 2.05) is 24.3 Å². The van der Waals surface area contributed by atoms with Gasteiger partial charge in [0, 0.05) is 12.6 Å². The number of anilines is 1. The Kier molecular flexibility index (Phi) is 3.67. The fraction of sp³-hybridized carbons (Fsp3) is 0.182. The quantitative estimate of drug-likeness (QED) is 0.665. The Morgan fingerprint density at radius 3 is 2.76 bits per heavy atom. The summed E-state index contributed by atoms with van der Waals surface area (Å²) in [6.07, 6.45) is 1.57. The van der Waals surface area contributed by atoms with Crippen LogP contribution in [0.15, 0.2) is 36.5 Å². The first-order valence-electron chi connectivity index (χ1n) is 4.85. The van der Waals surface area contributed by atoms with Gasteiger partial charge in [-0.1, -0.05) is 18.2 Å². The first-order valence-corrected chi connectivity index (χ1v) is 4.85. The number of hydroxylamine groups is 1. The third-order valence-electron chi connectivity index (χ3n) is 2.16. The molecule has 2 rings (SSSR count). The van der Waals surface area contributed by atoms with E-state index >= 15 is 0 Å². The minimum atomic E-state index is 0. The van der Waals surface area contributed by atoms with Gasteiger partial charge in [-0.15, -0.1) is 0 Å². The Labute approximate surface area is 93.2 Å². The molecule has 5 nitrogen and oxygen atoms in total. The van der Waals surface area contributed by atoms with Gasteiger partial charge >= 0.3 is 0 Å². The van der Waals surface area contributed by atoms with Crippen LogP contribution in [-0.2, 0) is 6.61 Å². The first kappa shape index (κ1) is 12.1. The predicted molar refractivity (Wildman–Crippen MR) is 58.5 cm³/mol. The number of rotatable bonds is 4. The van der Waals surface area contributed by atoms with Gasteiger partial charge in [-0.3, -0.25) is 10.3 Å². The zero-order valence-electron chi connectivity index (χ0n) is 9.58. The van der Waals surface area contributed by atoms with Crippen molar-refractivity contribution < 1.29 is 9.94 Å². The van der Waals surface area contributed by atoms with Crippen LogP contribution >= 0.6 is 0 Å². The SMILES string of the molecule is CN(O)c1ccccc1COc1cc[n-]n1.[Rf]. The molecular weight excluding hydrogens is 473 g/mol. The van der Waals surface area contributed by atoms with E-state index in [4.69, 9.17) is 4.74 Å². The molecule has 0 unspecified atom stereocenters. The second kappa shape index (κ2) is 5.18. The molecule has 0 spiro atoms. The van der Waals surface area contributed by atoms with Crippen LogP contribution < -0.4 is 14.9 Å². The van der Waals surface area contributed by atoms with Crippen molar-refractivity contribution in [2.24, 2.45) is 0 Å². The van der Waals surface area contributed by atoms with Crippen molar-refractivity contribution in [1.29, 1.82) is 0 Å². The Balaban J connectivity index is 0.00000144. The molecule has 0 aliphatic rings. The van der Waals surface area contributed by atoms with E-state index in [9.17, 15) is 5.21 Å². The van der Waals surface area contributed by atoms with Gasteiger partial charge in [-0.2, -0.15) is 6.20 Å². The summed E-state index contributed by atoms with van der Waals surface area (Å²) in [5, 5.41) is 17.9. The zero-order chi connectivity index (χ0) is 11.4. The van der Waals surface area contributed by atoms with E-state index in [0.29, 0.717) is 18.2 Å². The van der Waals surface area contributed by atoms with Crippen LogP contribution in [0.4, 0.5) is 5.69 Å². The summed E-state index contributed by atoms with van der Waals surface area (Å²) in [6.45, 7) is 0.347. The van der Waals surface area contributed by atoms with Crippen molar-refractivity contribution in [2.45, 2.75) is 6.61 Å². The smallest absolute Gasteiger partial charge is 0.192 e. The fourth-order valence-electron chi connectivity index (χ4n) is 1.40. The average molecular weight is 485 g/mol. The van der Waals surface area contributed by atoms with Crippen LogP contribution in [0.2, 0.25) is 0 Å². The van der Waals surface area contributed by atoms with Gasteiger partial charge in [-0.25, -0.2) is 0 Å². The fourth-order valence-corrected chi connectivity index (χ4v) is 1.40. The molecule has 0 radical (unpaired) electrons. The summed E-state index contributed by atoms with van der Waals surface area (Å²) in [5.74, 6) is 0.482. The van der Waals surface area contributed by atoms with Gasteiger partial charge in [-0.05, 0) is 12.1 Å². The van der Waals surface area contributed by atoms with E-state index in [0.717, 1.165) is 10.6 Å². The van der Waals surface area contributed by atoms with Crippen LogP contribution in [0.1, 0.15) is 5.56 Å². The molecule has 0 saturated heterocycles. The Morgan fingerprint density at radius 2 is 2.12 bits per heavy atom. The number of hydrogen-bond acceptors (Lipinski definition) is 4. The maximum atomic E-state index is 9.41. The molecule has 86 valence electrons. The average Bonchev–Trinajstić information content (AvgIpc) is 2.79. The molecule has 6 heteroatoms. The summed E-state index contributed by atoms with van der Waals surface area (Å²) >= 11 is 0. The van der Waals surface area contributed by atoms with Crippen LogP contribution in [0.5, 0.6) is 5.88 Å². The largest absolute Gasteiger partial charge is 0.579 e. The third kappa shape index (κ3) is 2.73. The molecule has 0 saturated carbocycles. The Morgan fingerprint density at radius 1 is 1.35 bits per heavy atom. The van der Waals surface area contributed by atoms with Gasteiger partial charge < -0.3 is 14.9 Å². The molecule has 0 atom stereocenters. The molecule has 0 amide bonds. The molecule has 1 heterocycles. The normalized spacial score (nSPS) is 9.53. The van der Waals surface area contributed by atoms with Crippen molar-refractivity contribution in [2.75, 3.05) is 12.1 Å². The van der Waals surface area contributed by atoms with E-state index in [2.05, 4.69) is 10.2 Å². The van der Waals surface area contributed by atoms with Crippen molar-refractivity contribution in [3.8, 4) is 5.88 Å². The van der Waals surface area contributed by atoms with Gasteiger partial charge in [0.25, 0.3) is 0 Å². The van der Waals surface area contributed by atoms with Crippen LogP contribution in [-0.4, -0.2) is 17.4 Å². The zero-order valence-corrected chi connectivity index (χ0v) is 16.0. The topological polar surface area (TPSA) is 59.7 Å². The van der Waals surface area contributed by atoms with Gasteiger partial charge in [0.2, 0.25) is 0 Å². The second-order valence-corrected chi connectivity index (χ2v) is 3.31. The number of aromatic nitrogens is 2. The summed E-state index contributed by atoms with van der Waals surface area (Å²) in [5.41, 5.74) is 1.59.